The minimum Gasteiger partial charge on any atom is -0.299 e. The zero-order chi connectivity index (χ0) is 11.8. The number of allylic oxidation sites excluding steroid dienone is 1. The van der Waals surface area contributed by atoms with Crippen LogP contribution in [0.15, 0.2) is 12.2 Å². The second-order valence-electron chi connectivity index (χ2n) is 6.92. The number of hydrogen-bond donors (Lipinski definition) is 0. The van der Waals surface area contributed by atoms with Gasteiger partial charge in [0.25, 0.3) is 0 Å². The van der Waals surface area contributed by atoms with E-state index in [9.17, 15) is 0 Å². The lowest BCUT2D eigenvalue weighted by molar-refractivity contribution is 0.00318. The summed E-state index contributed by atoms with van der Waals surface area (Å²) in [5, 5.41) is 0. The fourth-order valence-corrected chi connectivity index (χ4v) is 4.02. The van der Waals surface area contributed by atoms with Crippen LogP contribution >= 0.6 is 0 Å². The van der Waals surface area contributed by atoms with Gasteiger partial charge in [0.1, 0.15) is 0 Å². The summed E-state index contributed by atoms with van der Waals surface area (Å²) in [7, 11) is 0. The maximum absolute atomic E-state index is 2.76. The molecule has 0 aromatic carbocycles. The van der Waals surface area contributed by atoms with Gasteiger partial charge < -0.3 is 0 Å². The van der Waals surface area contributed by atoms with Crippen LogP contribution in [0, 0.1) is 10.8 Å². The van der Waals surface area contributed by atoms with Crippen LogP contribution in [0.25, 0.3) is 0 Å². The molecule has 1 saturated heterocycles. The minimum atomic E-state index is 0.332. The van der Waals surface area contributed by atoms with Crippen molar-refractivity contribution < 1.29 is 0 Å². The molecule has 92 valence electrons. The predicted octanol–water partition coefficient (Wildman–Crippen LogP) is 3.85. The van der Waals surface area contributed by atoms with Crippen LogP contribution in [0.1, 0.15) is 53.4 Å². The average Bonchev–Trinajstić information content (AvgIpc) is 2.16. The summed E-state index contributed by atoms with van der Waals surface area (Å²) >= 11 is 0. The molecule has 1 fully saturated rings. The predicted molar refractivity (Wildman–Crippen MR) is 70.5 cm³/mol. The lowest BCUT2D eigenvalue weighted by atomic mass is 9.64. The highest BCUT2D eigenvalue weighted by molar-refractivity contribution is 5.13. The number of rotatable bonds is 1. The topological polar surface area (TPSA) is 3.24 Å². The van der Waals surface area contributed by atoms with Crippen molar-refractivity contribution in [3.8, 4) is 0 Å². The Labute approximate surface area is 101 Å². The standard InChI is InChI=1S/C15H27N/c1-14(2)9-8-10-15(3,4)13(14)16-11-6-5-7-12-16/h8-9,13H,5-7,10-12H2,1-4H3. The molecule has 0 spiro atoms. The first-order valence-electron chi connectivity index (χ1n) is 6.85. The molecule has 1 atom stereocenters. The Bertz CT molecular complexity index is 269. The normalized spacial score (nSPS) is 33.9. The van der Waals surface area contributed by atoms with Gasteiger partial charge in [-0.25, -0.2) is 0 Å². The first kappa shape index (κ1) is 12.2. The fourth-order valence-electron chi connectivity index (χ4n) is 4.02. The van der Waals surface area contributed by atoms with Gasteiger partial charge in [0, 0.05) is 6.04 Å². The maximum atomic E-state index is 2.76. The smallest absolute Gasteiger partial charge is 0.0235 e. The molecule has 1 aliphatic carbocycles. The molecule has 1 heterocycles. The molecule has 0 saturated carbocycles. The molecule has 1 aliphatic heterocycles. The highest BCUT2D eigenvalue weighted by atomic mass is 15.2. The summed E-state index contributed by atoms with van der Waals surface area (Å²) in [6, 6.07) is 0.713. The van der Waals surface area contributed by atoms with E-state index in [2.05, 4.69) is 44.7 Å². The lowest BCUT2D eigenvalue weighted by Gasteiger charge is -2.52. The van der Waals surface area contributed by atoms with E-state index < -0.39 is 0 Å². The molecule has 0 radical (unpaired) electrons. The molecule has 0 N–H and O–H groups in total. The first-order chi connectivity index (χ1) is 7.43. The van der Waals surface area contributed by atoms with Gasteiger partial charge in [-0.1, -0.05) is 46.3 Å². The van der Waals surface area contributed by atoms with Gasteiger partial charge in [-0.15, -0.1) is 0 Å². The van der Waals surface area contributed by atoms with Gasteiger partial charge in [-0.3, -0.25) is 4.90 Å². The van der Waals surface area contributed by atoms with Gasteiger partial charge in [-0.2, -0.15) is 0 Å². The fraction of sp³-hybridized carbons (Fsp3) is 0.867. The van der Waals surface area contributed by atoms with Crippen LogP contribution < -0.4 is 0 Å². The van der Waals surface area contributed by atoms with Gasteiger partial charge in [0.15, 0.2) is 0 Å². The summed E-state index contributed by atoms with van der Waals surface area (Å²) in [5.41, 5.74) is 0.759. The van der Waals surface area contributed by atoms with Crippen LogP contribution in [-0.2, 0) is 0 Å². The van der Waals surface area contributed by atoms with E-state index in [0.29, 0.717) is 16.9 Å². The van der Waals surface area contributed by atoms with Gasteiger partial charge in [0.2, 0.25) is 0 Å². The van der Waals surface area contributed by atoms with E-state index in [1.807, 2.05) is 0 Å². The van der Waals surface area contributed by atoms with Crippen LogP contribution in [0.5, 0.6) is 0 Å². The maximum Gasteiger partial charge on any atom is 0.0235 e. The summed E-state index contributed by atoms with van der Waals surface area (Å²) in [6.45, 7) is 12.3. The molecule has 16 heavy (non-hydrogen) atoms. The number of hydrogen-bond acceptors (Lipinski definition) is 1. The molecule has 0 aromatic heterocycles. The van der Waals surface area contributed by atoms with Gasteiger partial charge in [-0.05, 0) is 43.2 Å². The molecule has 2 rings (SSSR count). The zero-order valence-corrected chi connectivity index (χ0v) is 11.4. The third-order valence-corrected chi connectivity index (χ3v) is 4.39. The molecular formula is C15H27N. The monoisotopic (exact) mass is 221 g/mol. The van der Waals surface area contributed by atoms with Crippen molar-refractivity contribution in [2.24, 2.45) is 10.8 Å². The molecule has 1 heteroatoms. The van der Waals surface area contributed by atoms with Crippen molar-refractivity contribution in [1.29, 1.82) is 0 Å². The highest BCUT2D eigenvalue weighted by Gasteiger charge is 2.44. The second kappa shape index (κ2) is 4.18. The van der Waals surface area contributed by atoms with E-state index in [4.69, 9.17) is 0 Å². The highest BCUT2D eigenvalue weighted by Crippen LogP contribution is 2.45. The molecule has 0 amide bonds. The van der Waals surface area contributed by atoms with E-state index in [-0.39, 0.29) is 0 Å². The summed E-state index contributed by atoms with van der Waals surface area (Å²) in [5.74, 6) is 0. The first-order valence-corrected chi connectivity index (χ1v) is 6.85. The summed E-state index contributed by atoms with van der Waals surface area (Å²) in [6.07, 6.45) is 10.3. The molecule has 2 aliphatic rings. The number of piperidine rings is 1. The number of likely N-dealkylation sites (tertiary alicyclic amines) is 1. The summed E-state index contributed by atoms with van der Waals surface area (Å²) in [4.78, 5) is 2.76. The quantitative estimate of drug-likeness (QED) is 0.608. The van der Waals surface area contributed by atoms with E-state index in [1.165, 1.54) is 38.8 Å². The summed E-state index contributed by atoms with van der Waals surface area (Å²) < 4.78 is 0. The SMILES string of the molecule is CC1(C)C=CCC(C)(C)C1N1CCCCC1. The Hall–Kier alpha value is -0.300. The van der Waals surface area contributed by atoms with E-state index >= 15 is 0 Å². The van der Waals surface area contributed by atoms with Crippen molar-refractivity contribution >= 4 is 0 Å². The third kappa shape index (κ3) is 2.20. The van der Waals surface area contributed by atoms with Crippen molar-refractivity contribution in [3.63, 3.8) is 0 Å². The Morgan fingerprint density at radius 1 is 1.00 bits per heavy atom. The van der Waals surface area contributed by atoms with E-state index in [1.54, 1.807) is 0 Å². The van der Waals surface area contributed by atoms with Crippen LogP contribution in [0.4, 0.5) is 0 Å². The Kier molecular flexibility index (Phi) is 3.18. The molecular weight excluding hydrogens is 194 g/mol. The van der Waals surface area contributed by atoms with Crippen LogP contribution in [-0.4, -0.2) is 24.0 Å². The van der Waals surface area contributed by atoms with Gasteiger partial charge >= 0.3 is 0 Å². The van der Waals surface area contributed by atoms with Crippen molar-refractivity contribution in [3.05, 3.63) is 12.2 Å². The van der Waals surface area contributed by atoms with Crippen molar-refractivity contribution in [1.82, 2.24) is 4.90 Å². The Balaban J connectivity index is 2.23. The zero-order valence-electron chi connectivity index (χ0n) is 11.4. The lowest BCUT2D eigenvalue weighted by Crippen LogP contribution is -2.55. The second-order valence-corrected chi connectivity index (χ2v) is 6.92. The van der Waals surface area contributed by atoms with Crippen LogP contribution in [0.3, 0.4) is 0 Å². The Morgan fingerprint density at radius 3 is 2.19 bits per heavy atom. The van der Waals surface area contributed by atoms with Crippen LogP contribution in [0.2, 0.25) is 0 Å². The largest absolute Gasteiger partial charge is 0.299 e. The molecule has 0 bridgehead atoms. The molecule has 1 unspecified atom stereocenters. The van der Waals surface area contributed by atoms with Crippen molar-refractivity contribution in [2.45, 2.75) is 59.4 Å². The molecule has 1 nitrogen and oxygen atoms in total. The van der Waals surface area contributed by atoms with Gasteiger partial charge in [0.05, 0.1) is 0 Å². The third-order valence-electron chi connectivity index (χ3n) is 4.39. The Morgan fingerprint density at radius 2 is 1.62 bits per heavy atom. The molecule has 0 aromatic rings. The van der Waals surface area contributed by atoms with Crippen molar-refractivity contribution in [2.75, 3.05) is 13.1 Å². The number of nitrogens with zero attached hydrogens (tertiary/aromatic N) is 1. The average molecular weight is 221 g/mol. The minimum absolute atomic E-state index is 0.332. The van der Waals surface area contributed by atoms with E-state index in [0.717, 1.165) is 0 Å².